The number of ether oxygens (including phenoxy) is 1. The number of benzene rings is 2. The van der Waals surface area contributed by atoms with Gasteiger partial charge in [0.1, 0.15) is 16.4 Å². The number of rotatable bonds is 5. The quantitative estimate of drug-likeness (QED) is 0.352. The summed E-state index contributed by atoms with van der Waals surface area (Å²) in [4.78, 5) is 20.4. The van der Waals surface area contributed by atoms with E-state index in [1.54, 1.807) is 15.9 Å². The van der Waals surface area contributed by atoms with Crippen LogP contribution in [0.4, 0.5) is 0 Å². The molecule has 0 saturated carbocycles. The van der Waals surface area contributed by atoms with Crippen LogP contribution in [0.1, 0.15) is 49.5 Å². The molecule has 0 bridgehead atoms. The molecule has 166 valence electrons. The van der Waals surface area contributed by atoms with Crippen molar-refractivity contribution in [2.45, 2.75) is 53.5 Å². The molecule has 0 radical (unpaired) electrons. The van der Waals surface area contributed by atoms with Gasteiger partial charge in [0.25, 0.3) is 5.56 Å². The third-order valence-corrected chi connectivity index (χ3v) is 6.79. The first kappa shape index (κ1) is 22.3. The monoisotopic (exact) mass is 446 g/mol. The Morgan fingerprint density at radius 1 is 1.00 bits per heavy atom. The summed E-state index contributed by atoms with van der Waals surface area (Å²) in [7, 11) is 0. The van der Waals surface area contributed by atoms with Crippen LogP contribution < -0.4 is 10.3 Å². The molecule has 0 unspecified atom stereocenters. The van der Waals surface area contributed by atoms with E-state index in [-0.39, 0.29) is 11.0 Å². The van der Waals surface area contributed by atoms with Gasteiger partial charge in [0, 0.05) is 10.4 Å². The second kappa shape index (κ2) is 8.55. The Morgan fingerprint density at radius 2 is 1.66 bits per heavy atom. The molecule has 0 aliphatic rings. The van der Waals surface area contributed by atoms with Gasteiger partial charge < -0.3 is 4.74 Å². The topological polar surface area (TPSA) is 44.1 Å². The Morgan fingerprint density at radius 3 is 2.25 bits per heavy atom. The van der Waals surface area contributed by atoms with Gasteiger partial charge in [-0.3, -0.25) is 9.36 Å². The summed E-state index contributed by atoms with van der Waals surface area (Å²) in [6, 6.07) is 16.5. The molecule has 4 rings (SSSR count). The lowest BCUT2D eigenvalue weighted by Gasteiger charge is -2.19. The maximum atomic E-state index is 13.7. The van der Waals surface area contributed by atoms with E-state index in [4.69, 9.17) is 9.72 Å². The van der Waals surface area contributed by atoms with Crippen LogP contribution in [-0.4, -0.2) is 16.2 Å². The van der Waals surface area contributed by atoms with Crippen LogP contribution in [0.15, 0.2) is 53.3 Å². The van der Waals surface area contributed by atoms with Crippen LogP contribution in [0.3, 0.4) is 0 Å². The number of aromatic nitrogens is 2. The molecule has 0 fully saturated rings. The summed E-state index contributed by atoms with van der Waals surface area (Å²) in [5.41, 5.74) is 4.49. The molecule has 2 aromatic carbocycles. The molecule has 0 aliphatic carbocycles. The van der Waals surface area contributed by atoms with Gasteiger partial charge in [-0.2, -0.15) is 0 Å². The summed E-state index contributed by atoms with van der Waals surface area (Å²) in [5.74, 6) is 1.57. The van der Waals surface area contributed by atoms with Gasteiger partial charge in [0.15, 0.2) is 0 Å². The van der Waals surface area contributed by atoms with Gasteiger partial charge in [-0.1, -0.05) is 57.2 Å². The number of nitrogens with zero attached hydrogens (tertiary/aromatic N) is 2. The van der Waals surface area contributed by atoms with Gasteiger partial charge in [0.2, 0.25) is 0 Å². The Balaban J connectivity index is 1.78. The fourth-order valence-electron chi connectivity index (χ4n) is 4.01. The number of hydrogen-bond acceptors (Lipinski definition) is 4. The van der Waals surface area contributed by atoms with Crippen molar-refractivity contribution in [2.24, 2.45) is 0 Å². The van der Waals surface area contributed by atoms with Crippen LogP contribution in [0.25, 0.3) is 21.3 Å². The number of fused-ring (bicyclic) bond motifs is 1. The smallest absolute Gasteiger partial charge is 0.263 e. The van der Waals surface area contributed by atoms with Crippen LogP contribution in [-0.2, 0) is 12.0 Å². The SMILES string of the molecule is CCOc1ccc(-c2c(C)sc3nc(C)n(Cc4ccc(C(C)(C)C)cc4)c(=O)c23)cc1. The van der Waals surface area contributed by atoms with E-state index in [2.05, 4.69) is 52.0 Å². The van der Waals surface area contributed by atoms with E-state index in [0.717, 1.165) is 38.0 Å². The highest BCUT2D eigenvalue weighted by Gasteiger charge is 2.19. The van der Waals surface area contributed by atoms with Crippen molar-refractivity contribution >= 4 is 21.6 Å². The second-order valence-electron chi connectivity index (χ2n) is 9.17. The van der Waals surface area contributed by atoms with Gasteiger partial charge in [-0.15, -0.1) is 11.3 Å². The molecule has 4 nitrogen and oxygen atoms in total. The van der Waals surface area contributed by atoms with E-state index in [1.807, 2.05) is 38.1 Å². The third kappa shape index (κ3) is 4.22. The van der Waals surface area contributed by atoms with Crippen molar-refractivity contribution in [3.05, 3.63) is 80.7 Å². The molecule has 2 aromatic heterocycles. The van der Waals surface area contributed by atoms with Gasteiger partial charge in [0.05, 0.1) is 18.5 Å². The lowest BCUT2D eigenvalue weighted by molar-refractivity contribution is 0.340. The molecule has 5 heteroatoms. The van der Waals surface area contributed by atoms with Crippen molar-refractivity contribution in [2.75, 3.05) is 6.61 Å². The predicted molar refractivity (Wildman–Crippen MR) is 134 cm³/mol. The largest absolute Gasteiger partial charge is 0.494 e. The van der Waals surface area contributed by atoms with E-state index in [1.165, 1.54) is 5.56 Å². The fourth-order valence-corrected chi connectivity index (χ4v) is 5.09. The first-order valence-electron chi connectivity index (χ1n) is 11.0. The Bertz CT molecular complexity index is 1310. The normalized spacial score (nSPS) is 11.8. The Labute approximate surface area is 193 Å². The van der Waals surface area contributed by atoms with E-state index in [0.29, 0.717) is 18.5 Å². The van der Waals surface area contributed by atoms with Crippen molar-refractivity contribution < 1.29 is 4.74 Å². The highest BCUT2D eigenvalue weighted by atomic mass is 32.1. The summed E-state index contributed by atoms with van der Waals surface area (Å²) < 4.78 is 7.36. The molecule has 0 spiro atoms. The van der Waals surface area contributed by atoms with Crippen molar-refractivity contribution in [3.8, 4) is 16.9 Å². The average Bonchev–Trinajstić information content (AvgIpc) is 3.07. The van der Waals surface area contributed by atoms with Gasteiger partial charge >= 0.3 is 0 Å². The highest BCUT2D eigenvalue weighted by molar-refractivity contribution is 7.19. The minimum Gasteiger partial charge on any atom is -0.494 e. The van der Waals surface area contributed by atoms with Crippen LogP contribution in [0.2, 0.25) is 0 Å². The van der Waals surface area contributed by atoms with Crippen LogP contribution >= 0.6 is 11.3 Å². The fraction of sp³-hybridized carbons (Fsp3) is 0.333. The lowest BCUT2D eigenvalue weighted by Crippen LogP contribution is -2.24. The van der Waals surface area contributed by atoms with Crippen LogP contribution in [0, 0.1) is 13.8 Å². The Kier molecular flexibility index (Phi) is 5.95. The zero-order chi connectivity index (χ0) is 23.0. The van der Waals surface area contributed by atoms with E-state index >= 15 is 0 Å². The average molecular weight is 447 g/mol. The third-order valence-electron chi connectivity index (χ3n) is 5.79. The zero-order valence-corrected chi connectivity index (χ0v) is 20.5. The van der Waals surface area contributed by atoms with Crippen molar-refractivity contribution in [1.82, 2.24) is 9.55 Å². The molecule has 32 heavy (non-hydrogen) atoms. The molecular formula is C27H30N2O2S. The highest BCUT2D eigenvalue weighted by Crippen LogP contribution is 2.36. The molecule has 2 heterocycles. The molecule has 0 saturated heterocycles. The minimum absolute atomic E-state index is 0.0145. The van der Waals surface area contributed by atoms with Crippen molar-refractivity contribution in [3.63, 3.8) is 0 Å². The summed E-state index contributed by atoms with van der Waals surface area (Å²) in [6.45, 7) is 13.7. The Hall–Kier alpha value is -2.92. The summed E-state index contributed by atoms with van der Waals surface area (Å²) in [6.07, 6.45) is 0. The number of aryl methyl sites for hydroxylation is 2. The number of thiophene rings is 1. The molecule has 4 aromatic rings. The van der Waals surface area contributed by atoms with Gasteiger partial charge in [-0.25, -0.2) is 4.98 Å². The number of hydrogen-bond donors (Lipinski definition) is 0. The maximum absolute atomic E-state index is 13.7. The second-order valence-corrected chi connectivity index (χ2v) is 10.4. The van der Waals surface area contributed by atoms with E-state index in [9.17, 15) is 4.79 Å². The lowest BCUT2D eigenvalue weighted by atomic mass is 9.87. The molecule has 0 atom stereocenters. The van der Waals surface area contributed by atoms with Gasteiger partial charge in [-0.05, 0) is 55.0 Å². The first-order chi connectivity index (χ1) is 15.2. The van der Waals surface area contributed by atoms with Crippen molar-refractivity contribution in [1.29, 1.82) is 0 Å². The molecule has 0 amide bonds. The molecule has 0 N–H and O–H groups in total. The van der Waals surface area contributed by atoms with E-state index < -0.39 is 0 Å². The predicted octanol–water partition coefficient (Wildman–Crippen LogP) is 6.49. The first-order valence-corrected chi connectivity index (χ1v) is 11.8. The van der Waals surface area contributed by atoms with Crippen LogP contribution in [0.5, 0.6) is 5.75 Å². The summed E-state index contributed by atoms with van der Waals surface area (Å²) in [5, 5.41) is 0.702. The minimum atomic E-state index is 0.0145. The summed E-state index contributed by atoms with van der Waals surface area (Å²) >= 11 is 1.58. The standard InChI is InChI=1S/C27H30N2O2S/c1-7-31-22-14-10-20(11-15-22)23-17(2)32-25-24(23)26(30)29(18(3)28-25)16-19-8-12-21(13-9-19)27(4,5)6/h8-15H,7,16H2,1-6H3. The molecular weight excluding hydrogens is 416 g/mol. The maximum Gasteiger partial charge on any atom is 0.263 e. The molecule has 0 aliphatic heterocycles. The zero-order valence-electron chi connectivity index (χ0n) is 19.7.